The van der Waals surface area contributed by atoms with Gasteiger partial charge in [0.2, 0.25) is 0 Å². The largest absolute Gasteiger partial charge is 0.337 e. The Morgan fingerprint density at radius 3 is 2.71 bits per heavy atom. The summed E-state index contributed by atoms with van der Waals surface area (Å²) < 4.78 is 15.3. The van der Waals surface area contributed by atoms with Crippen molar-refractivity contribution < 1.29 is 4.39 Å². The van der Waals surface area contributed by atoms with Crippen molar-refractivity contribution in [1.29, 1.82) is 0 Å². The summed E-state index contributed by atoms with van der Waals surface area (Å²) in [6, 6.07) is 4.73. The molecule has 3 rings (SSSR count). The Balaban J connectivity index is 0.00000161. The average molecular weight is 330 g/mol. The lowest BCUT2D eigenvalue weighted by atomic mass is 9.97. The maximum atomic E-state index is 13.2. The number of piperidine rings is 1. The number of imidazole rings is 1. The van der Waals surface area contributed by atoms with Crippen molar-refractivity contribution in [3.63, 3.8) is 0 Å². The first kappa shape index (κ1) is 16.3. The summed E-state index contributed by atoms with van der Waals surface area (Å²) in [5.41, 5.74) is 1.70. The van der Waals surface area contributed by atoms with Crippen LogP contribution in [0.2, 0.25) is 5.02 Å². The Kier molecular flexibility index (Phi) is 5.25. The van der Waals surface area contributed by atoms with E-state index < -0.39 is 5.82 Å². The molecule has 3 nitrogen and oxygen atoms in total. The van der Waals surface area contributed by atoms with Crippen LogP contribution in [0.5, 0.6) is 0 Å². The number of benzene rings is 1. The molecule has 0 bridgehead atoms. The monoisotopic (exact) mass is 329 g/mol. The number of hydrogen-bond donors (Lipinski definition) is 1. The van der Waals surface area contributed by atoms with Crippen LogP contribution in [0.15, 0.2) is 24.4 Å². The van der Waals surface area contributed by atoms with Crippen molar-refractivity contribution in [2.45, 2.75) is 18.8 Å². The van der Waals surface area contributed by atoms with Crippen LogP contribution in [0, 0.1) is 5.82 Å². The Morgan fingerprint density at radius 2 is 2.05 bits per heavy atom. The first-order valence-corrected chi connectivity index (χ1v) is 7.22. The molecule has 0 unspecified atom stereocenters. The lowest BCUT2D eigenvalue weighted by Crippen LogP contribution is -2.27. The molecule has 114 valence electrons. The van der Waals surface area contributed by atoms with Crippen molar-refractivity contribution in [2.75, 3.05) is 13.1 Å². The lowest BCUT2D eigenvalue weighted by molar-refractivity contribution is 0.437. The van der Waals surface area contributed by atoms with Gasteiger partial charge in [0.05, 0.1) is 10.7 Å². The highest BCUT2D eigenvalue weighted by atomic mass is 35.5. The fraction of sp³-hybridized carbons (Fsp3) is 0.400. The number of rotatable bonds is 2. The van der Waals surface area contributed by atoms with Gasteiger partial charge < -0.3 is 9.88 Å². The van der Waals surface area contributed by atoms with Gasteiger partial charge in [-0.3, -0.25) is 0 Å². The molecular weight excluding hydrogens is 312 g/mol. The second-order valence-corrected chi connectivity index (χ2v) is 5.66. The maximum absolute atomic E-state index is 13.2. The van der Waals surface area contributed by atoms with Crippen LogP contribution in [-0.2, 0) is 7.05 Å². The summed E-state index contributed by atoms with van der Waals surface area (Å²) in [4.78, 5) is 4.73. The molecule has 0 amide bonds. The Bertz CT molecular complexity index is 621. The summed E-state index contributed by atoms with van der Waals surface area (Å²) in [6.07, 6.45) is 4.20. The van der Waals surface area contributed by atoms with E-state index in [0.29, 0.717) is 5.92 Å². The van der Waals surface area contributed by atoms with Crippen molar-refractivity contribution in [1.82, 2.24) is 14.9 Å². The van der Waals surface area contributed by atoms with Crippen LogP contribution < -0.4 is 5.32 Å². The van der Waals surface area contributed by atoms with E-state index in [-0.39, 0.29) is 17.4 Å². The van der Waals surface area contributed by atoms with Crippen molar-refractivity contribution in [3.05, 3.63) is 41.1 Å². The fourth-order valence-corrected chi connectivity index (χ4v) is 2.92. The van der Waals surface area contributed by atoms with E-state index in [0.717, 1.165) is 43.0 Å². The molecule has 0 spiro atoms. The molecule has 2 heterocycles. The van der Waals surface area contributed by atoms with E-state index >= 15 is 0 Å². The van der Waals surface area contributed by atoms with E-state index in [4.69, 9.17) is 16.6 Å². The van der Waals surface area contributed by atoms with Gasteiger partial charge in [0.15, 0.2) is 0 Å². The number of nitrogens with one attached hydrogen (secondary N) is 1. The summed E-state index contributed by atoms with van der Waals surface area (Å²) in [6.45, 7) is 2.07. The van der Waals surface area contributed by atoms with Gasteiger partial charge in [0.25, 0.3) is 0 Å². The quantitative estimate of drug-likeness (QED) is 0.908. The predicted octanol–water partition coefficient (Wildman–Crippen LogP) is 3.77. The smallest absolute Gasteiger partial charge is 0.141 e. The number of nitrogens with zero attached hydrogens (tertiary/aromatic N) is 2. The normalized spacial score (nSPS) is 15.8. The van der Waals surface area contributed by atoms with Crippen molar-refractivity contribution in [3.8, 4) is 11.3 Å². The summed E-state index contributed by atoms with van der Waals surface area (Å²) in [5.74, 6) is 1.19. The van der Waals surface area contributed by atoms with E-state index in [1.54, 1.807) is 12.1 Å². The van der Waals surface area contributed by atoms with Gasteiger partial charge in [0, 0.05) is 24.7 Å². The summed E-state index contributed by atoms with van der Waals surface area (Å²) >= 11 is 5.84. The van der Waals surface area contributed by atoms with Gasteiger partial charge in [0.1, 0.15) is 11.6 Å². The molecule has 0 aliphatic carbocycles. The molecule has 1 aliphatic rings. The molecule has 0 saturated carbocycles. The van der Waals surface area contributed by atoms with E-state index in [2.05, 4.69) is 9.88 Å². The SMILES string of the molecule is Cl.Cn1cc(-c2ccc(F)c(Cl)c2)nc1C1CCNCC1. The van der Waals surface area contributed by atoms with Crippen LogP contribution >= 0.6 is 24.0 Å². The highest BCUT2D eigenvalue weighted by molar-refractivity contribution is 6.31. The summed E-state index contributed by atoms with van der Waals surface area (Å²) in [7, 11) is 2.01. The topological polar surface area (TPSA) is 29.9 Å². The molecule has 1 N–H and O–H groups in total. The molecule has 1 saturated heterocycles. The van der Waals surface area contributed by atoms with E-state index in [1.807, 2.05) is 13.2 Å². The Hall–Kier alpha value is -1.10. The molecule has 0 radical (unpaired) electrons. The van der Waals surface area contributed by atoms with E-state index in [1.165, 1.54) is 6.07 Å². The van der Waals surface area contributed by atoms with Crippen LogP contribution in [-0.4, -0.2) is 22.6 Å². The Labute approximate surface area is 134 Å². The average Bonchev–Trinajstić information content (AvgIpc) is 2.85. The van der Waals surface area contributed by atoms with Gasteiger partial charge in [-0.05, 0) is 44.1 Å². The fourth-order valence-electron chi connectivity index (χ4n) is 2.73. The molecule has 2 aromatic rings. The zero-order chi connectivity index (χ0) is 14.1. The minimum Gasteiger partial charge on any atom is -0.337 e. The highest BCUT2D eigenvalue weighted by Gasteiger charge is 2.20. The van der Waals surface area contributed by atoms with E-state index in [9.17, 15) is 4.39 Å². The van der Waals surface area contributed by atoms with Gasteiger partial charge in [-0.1, -0.05) is 11.6 Å². The molecular formula is C15H18Cl2FN3. The zero-order valence-corrected chi connectivity index (χ0v) is 13.3. The molecule has 6 heteroatoms. The van der Waals surface area contributed by atoms with Crippen LogP contribution in [0.3, 0.4) is 0 Å². The number of aromatic nitrogens is 2. The van der Waals surface area contributed by atoms with Gasteiger partial charge in [-0.15, -0.1) is 12.4 Å². The van der Waals surface area contributed by atoms with Crippen LogP contribution in [0.25, 0.3) is 11.3 Å². The third kappa shape index (κ3) is 3.39. The molecule has 21 heavy (non-hydrogen) atoms. The first-order valence-electron chi connectivity index (χ1n) is 6.84. The second kappa shape index (κ2) is 6.77. The first-order chi connectivity index (χ1) is 9.65. The number of aryl methyl sites for hydroxylation is 1. The summed E-state index contributed by atoms with van der Waals surface area (Å²) in [5, 5.41) is 3.50. The van der Waals surface area contributed by atoms with Crippen LogP contribution in [0.4, 0.5) is 4.39 Å². The molecule has 1 aliphatic heterocycles. The second-order valence-electron chi connectivity index (χ2n) is 5.25. The Morgan fingerprint density at radius 1 is 1.33 bits per heavy atom. The number of hydrogen-bond acceptors (Lipinski definition) is 2. The number of halogens is 3. The molecule has 1 fully saturated rings. The third-order valence-corrected chi connectivity index (χ3v) is 4.12. The van der Waals surface area contributed by atoms with Gasteiger partial charge in [-0.2, -0.15) is 0 Å². The van der Waals surface area contributed by atoms with Crippen LogP contribution in [0.1, 0.15) is 24.6 Å². The molecule has 0 atom stereocenters. The van der Waals surface area contributed by atoms with Gasteiger partial charge >= 0.3 is 0 Å². The minimum atomic E-state index is -0.398. The third-order valence-electron chi connectivity index (χ3n) is 3.83. The zero-order valence-electron chi connectivity index (χ0n) is 11.8. The molecule has 1 aromatic heterocycles. The van der Waals surface area contributed by atoms with Crippen molar-refractivity contribution in [2.24, 2.45) is 7.05 Å². The van der Waals surface area contributed by atoms with Crippen molar-refractivity contribution >= 4 is 24.0 Å². The van der Waals surface area contributed by atoms with Gasteiger partial charge in [-0.25, -0.2) is 9.37 Å². The highest BCUT2D eigenvalue weighted by Crippen LogP contribution is 2.29. The minimum absolute atomic E-state index is 0. The molecule has 1 aromatic carbocycles. The standard InChI is InChI=1S/C15H17ClFN3.ClH/c1-20-9-14(11-2-3-13(17)12(16)8-11)19-15(20)10-4-6-18-7-5-10;/h2-3,8-10,18H,4-7H2,1H3;1H. The lowest BCUT2D eigenvalue weighted by Gasteiger charge is -2.21. The predicted molar refractivity (Wildman–Crippen MR) is 85.7 cm³/mol. The maximum Gasteiger partial charge on any atom is 0.141 e.